The lowest BCUT2D eigenvalue weighted by molar-refractivity contribution is -0.122. The third-order valence-electron chi connectivity index (χ3n) is 2.27. The molecule has 1 rings (SSSR count). The largest absolute Gasteiger partial charge is 0.483 e. The summed E-state index contributed by atoms with van der Waals surface area (Å²) in [5.41, 5.74) is 6.71. The number of nitrogens with two attached hydrogens (primary N) is 1. The number of ether oxygens (including phenoxy) is 1. The van der Waals surface area contributed by atoms with Crippen molar-refractivity contribution in [2.45, 2.75) is 13.0 Å². The van der Waals surface area contributed by atoms with Crippen molar-refractivity contribution in [2.24, 2.45) is 5.73 Å². The molecule has 0 heterocycles. The number of carbonyl (C=O) groups excluding carboxylic acids is 1. The molecule has 0 saturated heterocycles. The highest BCUT2D eigenvalue weighted by Gasteiger charge is 2.10. The van der Waals surface area contributed by atoms with E-state index in [2.05, 4.69) is 27.8 Å². The minimum Gasteiger partial charge on any atom is -0.483 e. The summed E-state index contributed by atoms with van der Waals surface area (Å²) < 4.78 is 6.36. The summed E-state index contributed by atoms with van der Waals surface area (Å²) in [6.07, 6.45) is 1.62. The average molecular weight is 313 g/mol. The molecule has 4 nitrogen and oxygen atoms in total. The minimum atomic E-state index is -0.189. The molecule has 0 unspecified atom stereocenters. The molecule has 0 aliphatic heterocycles. The van der Waals surface area contributed by atoms with Crippen LogP contribution in [0, 0.1) is 0 Å². The zero-order chi connectivity index (χ0) is 13.5. The zero-order valence-electron chi connectivity index (χ0n) is 10.3. The summed E-state index contributed by atoms with van der Waals surface area (Å²) >= 11 is 3.36. The number of hydrogen-bond donors (Lipinski definition) is 2. The molecule has 1 atom stereocenters. The van der Waals surface area contributed by atoms with E-state index in [1.807, 2.05) is 19.1 Å². The summed E-state index contributed by atoms with van der Waals surface area (Å²) in [5.74, 6) is 0.429. The van der Waals surface area contributed by atoms with Crippen LogP contribution in [0.5, 0.6) is 5.75 Å². The molecule has 5 heteroatoms. The third-order valence-corrected chi connectivity index (χ3v) is 2.76. The van der Waals surface area contributed by atoms with Crippen LogP contribution in [0.2, 0.25) is 0 Å². The van der Waals surface area contributed by atoms with Crippen LogP contribution in [0.1, 0.15) is 18.5 Å². The molecule has 0 aromatic heterocycles. The van der Waals surface area contributed by atoms with Crippen LogP contribution >= 0.6 is 15.9 Å². The highest BCUT2D eigenvalue weighted by molar-refractivity contribution is 9.10. The van der Waals surface area contributed by atoms with Gasteiger partial charge in [-0.05, 0) is 19.1 Å². The number of benzene rings is 1. The second kappa shape index (κ2) is 7.18. The highest BCUT2D eigenvalue weighted by Crippen LogP contribution is 2.27. The predicted octanol–water partition coefficient (Wildman–Crippen LogP) is 2.15. The summed E-state index contributed by atoms with van der Waals surface area (Å²) in [4.78, 5) is 11.4. The van der Waals surface area contributed by atoms with Crippen molar-refractivity contribution in [3.05, 3.63) is 40.9 Å². The van der Waals surface area contributed by atoms with E-state index in [4.69, 9.17) is 10.5 Å². The third kappa shape index (κ3) is 4.50. The van der Waals surface area contributed by atoms with Gasteiger partial charge in [0.1, 0.15) is 5.75 Å². The SMILES string of the molecule is C=CCNC(=O)COc1cc(Br)ccc1[C@@H](C)N. The molecule has 18 heavy (non-hydrogen) atoms. The van der Waals surface area contributed by atoms with Crippen molar-refractivity contribution in [3.8, 4) is 5.75 Å². The maximum atomic E-state index is 11.4. The molecule has 0 saturated carbocycles. The Morgan fingerprint density at radius 3 is 3.00 bits per heavy atom. The number of carbonyl (C=O) groups is 1. The van der Waals surface area contributed by atoms with Crippen LogP contribution < -0.4 is 15.8 Å². The van der Waals surface area contributed by atoms with E-state index in [0.29, 0.717) is 12.3 Å². The van der Waals surface area contributed by atoms with Gasteiger partial charge < -0.3 is 15.8 Å². The molecule has 3 N–H and O–H groups in total. The Kier molecular flexibility index (Phi) is 5.88. The van der Waals surface area contributed by atoms with Crippen molar-refractivity contribution in [1.29, 1.82) is 0 Å². The predicted molar refractivity (Wildman–Crippen MR) is 75.4 cm³/mol. The molecule has 0 bridgehead atoms. The van der Waals surface area contributed by atoms with Gasteiger partial charge >= 0.3 is 0 Å². The van der Waals surface area contributed by atoms with Crippen LogP contribution in [0.25, 0.3) is 0 Å². The molecular weight excluding hydrogens is 296 g/mol. The Morgan fingerprint density at radius 1 is 1.67 bits per heavy atom. The van der Waals surface area contributed by atoms with Crippen molar-refractivity contribution in [1.82, 2.24) is 5.32 Å². The van der Waals surface area contributed by atoms with Crippen LogP contribution in [-0.2, 0) is 4.79 Å². The second-order valence-corrected chi connectivity index (χ2v) is 4.77. The first-order valence-corrected chi connectivity index (χ1v) is 6.39. The van der Waals surface area contributed by atoms with Crippen molar-refractivity contribution >= 4 is 21.8 Å². The first-order chi connectivity index (χ1) is 8.54. The lowest BCUT2D eigenvalue weighted by atomic mass is 10.1. The molecule has 0 fully saturated rings. The van der Waals surface area contributed by atoms with Gasteiger partial charge in [-0.15, -0.1) is 6.58 Å². The molecule has 0 radical (unpaired) electrons. The fourth-order valence-electron chi connectivity index (χ4n) is 1.39. The monoisotopic (exact) mass is 312 g/mol. The number of hydrogen-bond acceptors (Lipinski definition) is 3. The van der Waals surface area contributed by atoms with Crippen molar-refractivity contribution < 1.29 is 9.53 Å². The van der Waals surface area contributed by atoms with Gasteiger partial charge in [0.25, 0.3) is 5.91 Å². The minimum absolute atomic E-state index is 0.0377. The van der Waals surface area contributed by atoms with E-state index in [1.54, 1.807) is 12.1 Å². The Labute approximate surface area is 115 Å². The number of amides is 1. The lowest BCUT2D eigenvalue weighted by Gasteiger charge is -2.14. The summed E-state index contributed by atoms with van der Waals surface area (Å²) in [6.45, 7) is 5.78. The standard InChI is InChI=1S/C13H17BrN2O2/c1-3-6-16-13(17)8-18-12-7-10(14)4-5-11(12)9(2)15/h3-5,7,9H,1,6,8,15H2,2H3,(H,16,17)/t9-/m1/s1. The maximum absolute atomic E-state index is 11.4. The molecule has 98 valence electrons. The number of halogens is 1. The summed E-state index contributed by atoms with van der Waals surface area (Å²) in [6, 6.07) is 5.43. The Balaban J connectivity index is 2.68. The number of nitrogens with one attached hydrogen (secondary N) is 1. The Morgan fingerprint density at radius 2 is 2.39 bits per heavy atom. The molecule has 1 aromatic carbocycles. The van der Waals surface area contributed by atoms with Gasteiger partial charge in [-0.25, -0.2) is 0 Å². The fourth-order valence-corrected chi connectivity index (χ4v) is 1.73. The van der Waals surface area contributed by atoms with Gasteiger partial charge in [-0.2, -0.15) is 0 Å². The van der Waals surface area contributed by atoms with E-state index in [9.17, 15) is 4.79 Å². The van der Waals surface area contributed by atoms with Gasteiger partial charge in [0.15, 0.2) is 6.61 Å². The molecule has 1 aromatic rings. The van der Waals surface area contributed by atoms with Gasteiger partial charge in [0, 0.05) is 22.6 Å². The zero-order valence-corrected chi connectivity index (χ0v) is 11.9. The second-order valence-electron chi connectivity index (χ2n) is 3.85. The van der Waals surface area contributed by atoms with Crippen molar-refractivity contribution in [2.75, 3.05) is 13.2 Å². The smallest absolute Gasteiger partial charge is 0.258 e. The fraction of sp³-hybridized carbons (Fsp3) is 0.308. The highest BCUT2D eigenvalue weighted by atomic mass is 79.9. The topological polar surface area (TPSA) is 64.3 Å². The van der Waals surface area contributed by atoms with Crippen molar-refractivity contribution in [3.63, 3.8) is 0 Å². The van der Waals surface area contributed by atoms with Gasteiger partial charge in [-0.3, -0.25) is 4.79 Å². The van der Waals surface area contributed by atoms with Gasteiger partial charge in [0.2, 0.25) is 0 Å². The van der Waals surface area contributed by atoms with Crippen LogP contribution in [0.4, 0.5) is 0 Å². The van der Waals surface area contributed by atoms with Crippen LogP contribution in [0.15, 0.2) is 35.3 Å². The first-order valence-electron chi connectivity index (χ1n) is 5.60. The average Bonchev–Trinajstić information content (AvgIpc) is 2.33. The van der Waals surface area contributed by atoms with E-state index in [1.165, 1.54) is 0 Å². The van der Waals surface area contributed by atoms with Gasteiger partial charge in [-0.1, -0.05) is 28.1 Å². The molecule has 0 spiro atoms. The van der Waals surface area contributed by atoms with Gasteiger partial charge in [0.05, 0.1) is 0 Å². The number of rotatable bonds is 6. The normalized spacial score (nSPS) is 11.7. The first kappa shape index (κ1) is 14.7. The summed E-state index contributed by atoms with van der Waals surface area (Å²) in [7, 11) is 0. The maximum Gasteiger partial charge on any atom is 0.258 e. The molecular formula is C13H17BrN2O2. The molecule has 0 aliphatic rings. The van der Waals surface area contributed by atoms with E-state index < -0.39 is 0 Å². The quantitative estimate of drug-likeness (QED) is 0.791. The van der Waals surface area contributed by atoms with E-state index in [-0.39, 0.29) is 18.6 Å². The molecule has 0 aliphatic carbocycles. The van der Waals surface area contributed by atoms with E-state index in [0.717, 1.165) is 10.0 Å². The molecule has 1 amide bonds. The van der Waals surface area contributed by atoms with Crippen LogP contribution in [0.3, 0.4) is 0 Å². The Bertz CT molecular complexity index is 433. The van der Waals surface area contributed by atoms with Crippen LogP contribution in [-0.4, -0.2) is 19.1 Å². The Hall–Kier alpha value is -1.33. The van der Waals surface area contributed by atoms with E-state index >= 15 is 0 Å². The lowest BCUT2D eigenvalue weighted by Crippen LogP contribution is -2.29. The summed E-state index contributed by atoms with van der Waals surface area (Å²) in [5, 5.41) is 2.64.